The number of amides is 1. The van der Waals surface area contributed by atoms with Crippen LogP contribution in [0.3, 0.4) is 0 Å². The predicted octanol–water partition coefficient (Wildman–Crippen LogP) is 3.92. The lowest BCUT2D eigenvalue weighted by Crippen LogP contribution is -2.50. The Labute approximate surface area is 209 Å². The molecule has 1 aromatic carbocycles. The highest BCUT2D eigenvalue weighted by molar-refractivity contribution is 7.89. The van der Waals surface area contributed by atoms with Gasteiger partial charge in [-0.3, -0.25) is 4.79 Å². The number of piperidine rings is 1. The van der Waals surface area contributed by atoms with E-state index in [1.165, 1.54) is 12.1 Å². The molecule has 3 aromatic rings. The molecule has 0 saturated carbocycles. The van der Waals surface area contributed by atoms with E-state index in [2.05, 4.69) is 16.6 Å². The number of nitrogen functional groups attached to an aromatic ring is 1. The number of benzene rings is 1. The van der Waals surface area contributed by atoms with E-state index in [4.69, 9.17) is 28.9 Å². The van der Waals surface area contributed by atoms with Crippen LogP contribution in [0.2, 0.25) is 10.0 Å². The molecule has 11 heteroatoms. The van der Waals surface area contributed by atoms with Gasteiger partial charge in [-0.15, -0.1) is 0 Å². The number of aromatic nitrogens is 2. The summed E-state index contributed by atoms with van der Waals surface area (Å²) < 4.78 is 30.9. The first-order chi connectivity index (χ1) is 16.2. The van der Waals surface area contributed by atoms with E-state index >= 15 is 0 Å². The molecule has 4 rings (SSSR count). The van der Waals surface area contributed by atoms with E-state index in [0.717, 1.165) is 23.9 Å². The highest BCUT2D eigenvalue weighted by atomic mass is 35.5. The summed E-state index contributed by atoms with van der Waals surface area (Å²) in [4.78, 5) is 19.4. The van der Waals surface area contributed by atoms with Crippen LogP contribution in [0.25, 0.3) is 11.0 Å². The normalized spacial score (nSPS) is 16.1. The Morgan fingerprint density at radius 3 is 2.59 bits per heavy atom. The SMILES string of the molecule is CC1CCN(C(=O)C(CCn2ccc3cccnc32)NS(=O)(=O)c2cc(Cl)c(N)c(Cl)c2)CC1. The average molecular weight is 524 g/mol. The number of sulfonamides is 1. The molecular formula is C23H27Cl2N5O3S. The number of pyridine rings is 1. The molecule has 34 heavy (non-hydrogen) atoms. The first kappa shape index (κ1) is 24.8. The molecule has 0 aliphatic carbocycles. The van der Waals surface area contributed by atoms with Gasteiger partial charge in [0.2, 0.25) is 15.9 Å². The maximum atomic E-state index is 13.4. The number of carbonyl (C=O) groups is 1. The minimum atomic E-state index is -4.10. The van der Waals surface area contributed by atoms with Gasteiger partial charge in [0.15, 0.2) is 0 Å². The topological polar surface area (TPSA) is 110 Å². The van der Waals surface area contributed by atoms with Gasteiger partial charge in [0, 0.05) is 37.4 Å². The molecule has 1 aliphatic rings. The summed E-state index contributed by atoms with van der Waals surface area (Å²) in [5.74, 6) is 0.295. The van der Waals surface area contributed by atoms with Crippen LogP contribution in [0.5, 0.6) is 0 Å². The lowest BCUT2D eigenvalue weighted by Gasteiger charge is -2.33. The third-order valence-corrected chi connectivity index (χ3v) is 8.31. The van der Waals surface area contributed by atoms with Crippen LogP contribution in [0.1, 0.15) is 26.2 Å². The van der Waals surface area contributed by atoms with Crippen molar-refractivity contribution in [2.45, 2.75) is 43.7 Å². The Bertz CT molecular complexity index is 1280. The summed E-state index contributed by atoms with van der Waals surface area (Å²) in [6.07, 6.45) is 5.62. The number of fused-ring (bicyclic) bond motifs is 1. The van der Waals surface area contributed by atoms with Crippen molar-refractivity contribution >= 4 is 55.9 Å². The van der Waals surface area contributed by atoms with Gasteiger partial charge in [-0.05, 0) is 55.5 Å². The van der Waals surface area contributed by atoms with Gasteiger partial charge in [0.05, 0.1) is 20.6 Å². The quantitative estimate of drug-likeness (QED) is 0.456. The molecule has 182 valence electrons. The summed E-state index contributed by atoms with van der Waals surface area (Å²) in [6, 6.07) is 7.25. The molecule has 1 unspecified atom stereocenters. The number of hydrogen-bond acceptors (Lipinski definition) is 5. The number of nitrogens with zero attached hydrogens (tertiary/aromatic N) is 3. The van der Waals surface area contributed by atoms with Crippen molar-refractivity contribution in [1.29, 1.82) is 0 Å². The monoisotopic (exact) mass is 523 g/mol. The van der Waals surface area contributed by atoms with Crippen LogP contribution >= 0.6 is 23.2 Å². The third kappa shape index (κ3) is 5.33. The molecule has 1 fully saturated rings. The number of carbonyl (C=O) groups excluding carboxylic acids is 1. The molecule has 1 saturated heterocycles. The summed E-state index contributed by atoms with van der Waals surface area (Å²) in [7, 11) is -4.10. The smallest absolute Gasteiger partial charge is 0.241 e. The van der Waals surface area contributed by atoms with E-state index in [1.54, 1.807) is 11.1 Å². The number of halogens is 2. The predicted molar refractivity (Wildman–Crippen MR) is 134 cm³/mol. The summed E-state index contributed by atoms with van der Waals surface area (Å²) in [6.45, 7) is 3.77. The van der Waals surface area contributed by atoms with Crippen molar-refractivity contribution in [1.82, 2.24) is 19.2 Å². The molecule has 0 radical (unpaired) electrons. The number of aryl methyl sites for hydroxylation is 1. The van der Waals surface area contributed by atoms with Crippen LogP contribution in [0.15, 0.2) is 47.6 Å². The van der Waals surface area contributed by atoms with Crippen molar-refractivity contribution in [3.8, 4) is 0 Å². The Balaban J connectivity index is 1.59. The van der Waals surface area contributed by atoms with Crippen molar-refractivity contribution in [3.05, 3.63) is 52.8 Å². The van der Waals surface area contributed by atoms with E-state index in [9.17, 15) is 13.2 Å². The number of likely N-dealkylation sites (tertiary alicyclic amines) is 1. The minimum absolute atomic E-state index is 0.0330. The Hall–Kier alpha value is -2.33. The maximum absolute atomic E-state index is 13.4. The molecule has 1 amide bonds. The van der Waals surface area contributed by atoms with Gasteiger partial charge in [0.25, 0.3) is 0 Å². The zero-order chi connectivity index (χ0) is 24.5. The second kappa shape index (κ2) is 10.1. The molecule has 1 aliphatic heterocycles. The third-order valence-electron chi connectivity index (χ3n) is 6.24. The first-order valence-corrected chi connectivity index (χ1v) is 13.3. The highest BCUT2D eigenvalue weighted by Crippen LogP contribution is 2.31. The lowest BCUT2D eigenvalue weighted by molar-refractivity contribution is -0.134. The summed E-state index contributed by atoms with van der Waals surface area (Å²) in [5.41, 5.74) is 6.63. The second-order valence-electron chi connectivity index (χ2n) is 8.70. The number of nitrogens with two attached hydrogens (primary N) is 1. The van der Waals surface area contributed by atoms with Crippen molar-refractivity contribution in [3.63, 3.8) is 0 Å². The number of anilines is 1. The van der Waals surface area contributed by atoms with Crippen molar-refractivity contribution in [2.75, 3.05) is 18.8 Å². The maximum Gasteiger partial charge on any atom is 0.241 e. The molecule has 0 bridgehead atoms. The Morgan fingerprint density at radius 2 is 1.91 bits per heavy atom. The van der Waals surface area contributed by atoms with Gasteiger partial charge in [-0.25, -0.2) is 13.4 Å². The summed E-state index contributed by atoms with van der Waals surface area (Å²) in [5, 5.41) is 1.04. The molecule has 0 spiro atoms. The van der Waals surface area contributed by atoms with E-state index in [0.29, 0.717) is 25.6 Å². The van der Waals surface area contributed by atoms with Gasteiger partial charge >= 0.3 is 0 Å². The van der Waals surface area contributed by atoms with Gasteiger partial charge in [-0.2, -0.15) is 4.72 Å². The van der Waals surface area contributed by atoms with Crippen molar-refractivity contribution in [2.24, 2.45) is 5.92 Å². The number of nitrogens with one attached hydrogen (secondary N) is 1. The van der Waals surface area contributed by atoms with Gasteiger partial charge in [-0.1, -0.05) is 30.1 Å². The zero-order valence-electron chi connectivity index (χ0n) is 18.7. The molecule has 1 atom stereocenters. The van der Waals surface area contributed by atoms with Crippen LogP contribution in [-0.4, -0.2) is 47.9 Å². The average Bonchev–Trinajstić information content (AvgIpc) is 3.23. The van der Waals surface area contributed by atoms with Crippen LogP contribution < -0.4 is 10.5 Å². The molecule has 2 aromatic heterocycles. The molecule has 3 heterocycles. The molecular weight excluding hydrogens is 497 g/mol. The molecule has 8 nitrogen and oxygen atoms in total. The van der Waals surface area contributed by atoms with Gasteiger partial charge < -0.3 is 15.2 Å². The standard InChI is InChI=1S/C23H27Cl2N5O3S/c1-15-4-9-30(10-5-15)23(31)20(7-12-29-11-6-16-3-2-8-27-22(16)29)28-34(32,33)17-13-18(24)21(26)19(25)14-17/h2-3,6,8,11,13-15,20,28H,4-5,7,9-10,12,26H2,1H3. The largest absolute Gasteiger partial charge is 0.396 e. The number of hydrogen-bond donors (Lipinski definition) is 2. The number of rotatable bonds is 7. The summed E-state index contributed by atoms with van der Waals surface area (Å²) >= 11 is 12.1. The highest BCUT2D eigenvalue weighted by Gasteiger charge is 2.31. The van der Waals surface area contributed by atoms with E-state index < -0.39 is 16.1 Å². The fraction of sp³-hybridized carbons (Fsp3) is 0.391. The Kier molecular flexibility index (Phi) is 7.37. The van der Waals surface area contributed by atoms with E-state index in [-0.39, 0.29) is 33.0 Å². The van der Waals surface area contributed by atoms with Crippen molar-refractivity contribution < 1.29 is 13.2 Å². The fourth-order valence-corrected chi connectivity index (χ4v) is 6.01. The Morgan fingerprint density at radius 1 is 1.24 bits per heavy atom. The fourth-order valence-electron chi connectivity index (χ4n) is 4.12. The molecule has 3 N–H and O–H groups in total. The second-order valence-corrected chi connectivity index (χ2v) is 11.2. The van der Waals surface area contributed by atoms with Gasteiger partial charge in [0.1, 0.15) is 11.7 Å². The zero-order valence-corrected chi connectivity index (χ0v) is 21.1. The van der Waals surface area contributed by atoms with Crippen LogP contribution in [0.4, 0.5) is 5.69 Å². The van der Waals surface area contributed by atoms with Crippen LogP contribution in [-0.2, 0) is 21.4 Å². The van der Waals surface area contributed by atoms with E-state index in [1.807, 2.05) is 29.0 Å². The minimum Gasteiger partial charge on any atom is -0.396 e. The first-order valence-electron chi connectivity index (χ1n) is 11.1. The van der Waals surface area contributed by atoms with Crippen LogP contribution in [0, 0.1) is 5.92 Å². The lowest BCUT2D eigenvalue weighted by atomic mass is 9.98.